The van der Waals surface area contributed by atoms with Crippen molar-refractivity contribution in [2.75, 3.05) is 0 Å². The Morgan fingerprint density at radius 2 is 1.26 bits per heavy atom. The molecule has 0 saturated heterocycles. The van der Waals surface area contributed by atoms with E-state index < -0.39 is 29.3 Å². The molecular weight excluding hydrogens is 552 g/mol. The molecule has 0 radical (unpaired) electrons. The first-order chi connectivity index (χ1) is 20.4. The van der Waals surface area contributed by atoms with E-state index in [1.807, 2.05) is 6.92 Å². The molecule has 9 heteroatoms. The summed E-state index contributed by atoms with van der Waals surface area (Å²) >= 11 is 0. The van der Waals surface area contributed by atoms with Crippen LogP contribution in [0.25, 0.3) is 12.2 Å². The highest BCUT2D eigenvalue weighted by molar-refractivity contribution is 6.02. The standard InChI is InChI=1S/C34H30O9/c1-17-10-25(23-8-6-21(36)15-28(23)39)32(34(43)24-9-7-22(37)16-29(24)40)26(11-17)33-30(41)12-18(13-31(33)42)2-3-19-4-5-20(35)14-27(19)38/h2-9,11-16,25-26,32,35-42H,10H2,1H3/t25-,26-,32-/m0/s1. The van der Waals surface area contributed by atoms with Crippen molar-refractivity contribution < 1.29 is 45.6 Å². The molecule has 9 nitrogen and oxygen atoms in total. The number of benzene rings is 4. The molecule has 0 aromatic heterocycles. The highest BCUT2D eigenvalue weighted by atomic mass is 16.3. The van der Waals surface area contributed by atoms with Crippen LogP contribution in [0.5, 0.6) is 46.0 Å². The highest BCUT2D eigenvalue weighted by Gasteiger charge is 2.43. The predicted octanol–water partition coefficient (Wildman–Crippen LogP) is 6.22. The van der Waals surface area contributed by atoms with Gasteiger partial charge in [-0.15, -0.1) is 0 Å². The molecule has 1 aliphatic carbocycles. The van der Waals surface area contributed by atoms with Gasteiger partial charge in [-0.2, -0.15) is 0 Å². The maximum Gasteiger partial charge on any atom is 0.171 e. The molecule has 3 atom stereocenters. The fourth-order valence-corrected chi connectivity index (χ4v) is 5.81. The summed E-state index contributed by atoms with van der Waals surface area (Å²) < 4.78 is 0. The number of Topliss-reactive ketones (excluding diaryl/α,β-unsaturated/α-hetero) is 1. The molecule has 0 amide bonds. The SMILES string of the molecule is CC1=C[C@H](c2c(O)cc(C=Cc3ccc(O)cc3O)cc2O)[C@@H](C(=O)c2ccc(O)cc2O)[C@H](c2ccc(O)cc2O)C1. The average Bonchev–Trinajstić information content (AvgIpc) is 2.91. The molecule has 0 spiro atoms. The summed E-state index contributed by atoms with van der Waals surface area (Å²) in [5, 5.41) is 83.1. The number of carbonyl (C=O) groups is 1. The maximum atomic E-state index is 14.2. The van der Waals surface area contributed by atoms with E-state index in [0.29, 0.717) is 23.1 Å². The van der Waals surface area contributed by atoms with E-state index in [2.05, 4.69) is 0 Å². The summed E-state index contributed by atoms with van der Waals surface area (Å²) in [7, 11) is 0. The third kappa shape index (κ3) is 5.78. The van der Waals surface area contributed by atoms with Crippen LogP contribution in [0.3, 0.4) is 0 Å². The summed E-state index contributed by atoms with van der Waals surface area (Å²) in [5.41, 5.74) is 1.92. The van der Waals surface area contributed by atoms with Gasteiger partial charge in [0.05, 0.1) is 5.56 Å². The monoisotopic (exact) mass is 582 g/mol. The van der Waals surface area contributed by atoms with Crippen molar-refractivity contribution in [1.29, 1.82) is 0 Å². The normalized spacial score (nSPS) is 18.4. The van der Waals surface area contributed by atoms with Crippen molar-refractivity contribution in [1.82, 2.24) is 0 Å². The van der Waals surface area contributed by atoms with Gasteiger partial charge in [0.1, 0.15) is 46.0 Å². The molecule has 43 heavy (non-hydrogen) atoms. The molecule has 0 heterocycles. The van der Waals surface area contributed by atoms with Gasteiger partial charge in [0.25, 0.3) is 0 Å². The van der Waals surface area contributed by atoms with Crippen molar-refractivity contribution >= 4 is 17.9 Å². The van der Waals surface area contributed by atoms with Crippen LogP contribution < -0.4 is 0 Å². The summed E-state index contributed by atoms with van der Waals surface area (Å²) in [6.45, 7) is 1.82. The Morgan fingerprint density at radius 1 is 0.674 bits per heavy atom. The van der Waals surface area contributed by atoms with E-state index in [0.717, 1.165) is 11.6 Å². The zero-order valence-corrected chi connectivity index (χ0v) is 23.0. The van der Waals surface area contributed by atoms with Gasteiger partial charge in [-0.05, 0) is 66.9 Å². The number of carbonyl (C=O) groups excluding carboxylic acids is 1. The molecule has 4 aromatic carbocycles. The van der Waals surface area contributed by atoms with Gasteiger partial charge in [-0.1, -0.05) is 29.9 Å². The van der Waals surface area contributed by atoms with Crippen molar-refractivity contribution in [3.8, 4) is 46.0 Å². The molecule has 0 bridgehead atoms. The smallest absolute Gasteiger partial charge is 0.171 e. The quantitative estimate of drug-likeness (QED) is 0.0744. The molecule has 0 aliphatic heterocycles. The van der Waals surface area contributed by atoms with E-state index in [-0.39, 0.29) is 51.4 Å². The molecule has 0 saturated carbocycles. The van der Waals surface area contributed by atoms with Gasteiger partial charge in [0, 0.05) is 47.1 Å². The second kappa shape index (κ2) is 11.4. The lowest BCUT2D eigenvalue weighted by molar-refractivity contribution is 0.0876. The van der Waals surface area contributed by atoms with Gasteiger partial charge in [-0.25, -0.2) is 0 Å². The van der Waals surface area contributed by atoms with E-state index in [1.165, 1.54) is 66.7 Å². The minimum atomic E-state index is -1.04. The van der Waals surface area contributed by atoms with Crippen LogP contribution in [0.2, 0.25) is 0 Å². The fraction of sp³-hybridized carbons (Fsp3) is 0.147. The summed E-state index contributed by atoms with van der Waals surface area (Å²) in [6, 6.07) is 14.5. The number of phenolic OH excluding ortho intramolecular Hbond substituents is 8. The maximum absolute atomic E-state index is 14.2. The molecule has 220 valence electrons. The van der Waals surface area contributed by atoms with E-state index in [9.17, 15) is 45.6 Å². The lowest BCUT2D eigenvalue weighted by Gasteiger charge is -2.37. The first kappa shape index (κ1) is 28.9. The fourth-order valence-electron chi connectivity index (χ4n) is 5.81. The van der Waals surface area contributed by atoms with Gasteiger partial charge in [-0.3, -0.25) is 4.79 Å². The second-order valence-corrected chi connectivity index (χ2v) is 10.7. The molecule has 0 unspecified atom stereocenters. The molecule has 1 aliphatic rings. The molecular formula is C34H30O9. The van der Waals surface area contributed by atoms with Crippen LogP contribution in [0.4, 0.5) is 0 Å². The number of ketones is 1. The third-order valence-electron chi connectivity index (χ3n) is 7.75. The van der Waals surface area contributed by atoms with Crippen LogP contribution in [0, 0.1) is 5.92 Å². The van der Waals surface area contributed by atoms with E-state index >= 15 is 0 Å². The third-order valence-corrected chi connectivity index (χ3v) is 7.75. The second-order valence-electron chi connectivity index (χ2n) is 10.7. The van der Waals surface area contributed by atoms with Gasteiger partial charge >= 0.3 is 0 Å². The summed E-state index contributed by atoms with van der Waals surface area (Å²) in [5.74, 6) is -5.17. The molecule has 5 rings (SSSR count). The number of rotatable bonds is 6. The van der Waals surface area contributed by atoms with Gasteiger partial charge < -0.3 is 40.9 Å². The van der Waals surface area contributed by atoms with Crippen LogP contribution >= 0.6 is 0 Å². The minimum absolute atomic E-state index is 0.0589. The first-order valence-corrected chi connectivity index (χ1v) is 13.4. The van der Waals surface area contributed by atoms with E-state index in [4.69, 9.17) is 0 Å². The number of phenols is 8. The Balaban J connectivity index is 1.62. The Kier molecular flexibility index (Phi) is 7.65. The topological polar surface area (TPSA) is 179 Å². The molecule has 4 aromatic rings. The van der Waals surface area contributed by atoms with Crippen molar-refractivity contribution in [2.45, 2.75) is 25.2 Å². The Bertz CT molecular complexity index is 1760. The zero-order chi connectivity index (χ0) is 31.0. The average molecular weight is 583 g/mol. The lowest BCUT2D eigenvalue weighted by Crippen LogP contribution is -2.31. The van der Waals surface area contributed by atoms with Gasteiger partial charge in [0.2, 0.25) is 0 Å². The van der Waals surface area contributed by atoms with E-state index in [1.54, 1.807) is 12.2 Å². The zero-order valence-electron chi connectivity index (χ0n) is 23.0. The Hall–Kier alpha value is -5.57. The Labute approximate surface area is 246 Å². The van der Waals surface area contributed by atoms with Crippen LogP contribution in [0.15, 0.2) is 78.4 Å². The van der Waals surface area contributed by atoms with Crippen molar-refractivity contribution in [3.05, 3.63) is 106 Å². The van der Waals surface area contributed by atoms with Crippen LogP contribution in [-0.4, -0.2) is 46.6 Å². The predicted molar refractivity (Wildman–Crippen MR) is 160 cm³/mol. The van der Waals surface area contributed by atoms with Crippen molar-refractivity contribution in [3.63, 3.8) is 0 Å². The summed E-state index contributed by atoms with van der Waals surface area (Å²) in [6.07, 6.45) is 5.16. The number of hydrogen-bond acceptors (Lipinski definition) is 9. The summed E-state index contributed by atoms with van der Waals surface area (Å²) in [4.78, 5) is 14.2. The van der Waals surface area contributed by atoms with Crippen molar-refractivity contribution in [2.24, 2.45) is 5.92 Å². The number of aromatic hydroxyl groups is 8. The minimum Gasteiger partial charge on any atom is -0.508 e. The lowest BCUT2D eigenvalue weighted by atomic mass is 9.65. The highest BCUT2D eigenvalue weighted by Crippen LogP contribution is 2.52. The molecule has 8 N–H and O–H groups in total. The number of allylic oxidation sites excluding steroid dienone is 2. The van der Waals surface area contributed by atoms with Crippen LogP contribution in [0.1, 0.15) is 57.8 Å². The largest absolute Gasteiger partial charge is 0.508 e. The number of hydrogen-bond donors (Lipinski definition) is 8. The van der Waals surface area contributed by atoms with Gasteiger partial charge in [0.15, 0.2) is 5.78 Å². The molecule has 0 fully saturated rings. The van der Waals surface area contributed by atoms with Crippen LogP contribution in [-0.2, 0) is 0 Å². The Morgan fingerprint density at radius 3 is 1.86 bits per heavy atom. The first-order valence-electron chi connectivity index (χ1n) is 13.4.